The van der Waals surface area contributed by atoms with E-state index >= 15 is 0 Å². The van der Waals surface area contributed by atoms with E-state index in [0.29, 0.717) is 11.5 Å². The molecule has 3 rings (SSSR count). The van der Waals surface area contributed by atoms with Gasteiger partial charge >= 0.3 is 0 Å². The first kappa shape index (κ1) is 13.4. The zero-order valence-corrected chi connectivity index (χ0v) is 13.9. The van der Waals surface area contributed by atoms with Crippen LogP contribution >= 0.6 is 38.5 Å². The number of aromatic nitrogens is 2. The van der Waals surface area contributed by atoms with Crippen LogP contribution in [0.1, 0.15) is 5.56 Å². The molecule has 0 aliphatic carbocycles. The zero-order chi connectivity index (χ0) is 14.3. The Morgan fingerprint density at radius 1 is 1.25 bits per heavy atom. The van der Waals surface area contributed by atoms with E-state index in [1.54, 1.807) is 10.6 Å². The number of hydrogen-bond donors (Lipinski definition) is 1. The third-order valence-electron chi connectivity index (χ3n) is 2.96. The molecule has 1 aromatic heterocycles. The molecule has 98 valence electrons. The molecule has 0 unspecified atom stereocenters. The molecule has 20 heavy (non-hydrogen) atoms. The molecule has 0 aliphatic heterocycles. The molecule has 2 N–H and O–H groups in total. The number of fused-ring (bicyclic) bond motifs is 1. The quantitative estimate of drug-likeness (QED) is 0.587. The fraction of sp³-hybridized carbons (Fsp3) is 0. The van der Waals surface area contributed by atoms with Gasteiger partial charge in [0.25, 0.3) is 0 Å². The predicted octanol–water partition coefficient (Wildman–Crippen LogP) is 3.85. The summed E-state index contributed by atoms with van der Waals surface area (Å²) >= 11 is 5.60. The van der Waals surface area contributed by atoms with Crippen LogP contribution in [0.3, 0.4) is 0 Å². The van der Waals surface area contributed by atoms with Gasteiger partial charge in [0.15, 0.2) is 0 Å². The highest BCUT2D eigenvalue weighted by Crippen LogP contribution is 2.27. The Balaban J connectivity index is 2.35. The van der Waals surface area contributed by atoms with Crippen LogP contribution in [0, 0.1) is 14.9 Å². The first-order valence-electron chi connectivity index (χ1n) is 5.73. The molecule has 6 heteroatoms. The minimum absolute atomic E-state index is 0.376. The molecule has 0 bridgehead atoms. The molecule has 0 fully saturated rings. The number of benzene rings is 2. The number of hydrogen-bond acceptors (Lipinski definition) is 3. The zero-order valence-electron chi connectivity index (χ0n) is 10.1. The summed E-state index contributed by atoms with van der Waals surface area (Å²) in [6.45, 7) is 0. The van der Waals surface area contributed by atoms with Crippen LogP contribution in [-0.4, -0.2) is 9.55 Å². The number of nitrogen functional groups attached to an aromatic ring is 1. The number of nitriles is 1. The lowest BCUT2D eigenvalue weighted by atomic mass is 10.2. The summed E-state index contributed by atoms with van der Waals surface area (Å²) in [5.74, 6) is 0.376. The molecular formula is C14H8BrIN4. The highest BCUT2D eigenvalue weighted by atomic mass is 127. The van der Waals surface area contributed by atoms with Gasteiger partial charge in [0.2, 0.25) is 5.95 Å². The Morgan fingerprint density at radius 2 is 2.05 bits per heavy atom. The summed E-state index contributed by atoms with van der Waals surface area (Å²) < 4.78 is 3.75. The van der Waals surface area contributed by atoms with Crippen LogP contribution in [0.2, 0.25) is 0 Å². The highest BCUT2D eigenvalue weighted by molar-refractivity contribution is 14.1. The summed E-state index contributed by atoms with van der Waals surface area (Å²) in [6.07, 6.45) is 0. The second kappa shape index (κ2) is 5.07. The first-order chi connectivity index (χ1) is 9.60. The van der Waals surface area contributed by atoms with E-state index in [1.165, 1.54) is 0 Å². The third-order valence-corrected chi connectivity index (χ3v) is 4.13. The van der Waals surface area contributed by atoms with E-state index in [4.69, 9.17) is 5.73 Å². The Bertz CT molecular complexity index is 863. The summed E-state index contributed by atoms with van der Waals surface area (Å²) in [5, 5.41) is 9.30. The Morgan fingerprint density at radius 3 is 2.80 bits per heavy atom. The van der Waals surface area contributed by atoms with Gasteiger partial charge in [-0.3, -0.25) is 4.57 Å². The van der Waals surface area contributed by atoms with Crippen LogP contribution < -0.4 is 5.73 Å². The van der Waals surface area contributed by atoms with E-state index in [9.17, 15) is 5.26 Å². The van der Waals surface area contributed by atoms with E-state index in [1.807, 2.05) is 30.3 Å². The molecule has 4 nitrogen and oxygen atoms in total. The second-order valence-corrected chi connectivity index (χ2v) is 6.37. The maximum atomic E-state index is 9.30. The fourth-order valence-electron chi connectivity index (χ4n) is 2.12. The monoisotopic (exact) mass is 438 g/mol. The van der Waals surface area contributed by atoms with Crippen molar-refractivity contribution in [2.75, 3.05) is 5.73 Å². The minimum atomic E-state index is 0.376. The van der Waals surface area contributed by atoms with Crippen LogP contribution in [0.25, 0.3) is 16.7 Å². The Kier molecular flexibility index (Phi) is 3.40. The summed E-state index contributed by atoms with van der Waals surface area (Å²) in [5.41, 5.74) is 9.01. The normalized spacial score (nSPS) is 10.7. The van der Waals surface area contributed by atoms with E-state index in [2.05, 4.69) is 49.6 Å². The first-order valence-corrected chi connectivity index (χ1v) is 7.61. The Hall–Kier alpha value is -1.59. The van der Waals surface area contributed by atoms with Crippen molar-refractivity contribution in [3.05, 3.63) is 50.0 Å². The van der Waals surface area contributed by atoms with Crippen molar-refractivity contribution in [1.82, 2.24) is 9.55 Å². The molecule has 0 aliphatic rings. The number of imidazole rings is 1. The van der Waals surface area contributed by atoms with Gasteiger partial charge in [0, 0.05) is 8.04 Å². The lowest BCUT2D eigenvalue weighted by Gasteiger charge is -2.09. The number of rotatable bonds is 1. The van der Waals surface area contributed by atoms with E-state index < -0.39 is 0 Å². The minimum Gasteiger partial charge on any atom is -0.369 e. The smallest absolute Gasteiger partial charge is 0.205 e. The lowest BCUT2D eigenvalue weighted by Crippen LogP contribution is -2.02. The van der Waals surface area contributed by atoms with Gasteiger partial charge in [-0.05, 0) is 59.0 Å². The topological polar surface area (TPSA) is 67.6 Å². The van der Waals surface area contributed by atoms with Crippen LogP contribution in [0.15, 0.2) is 40.9 Å². The van der Waals surface area contributed by atoms with Crippen LogP contribution in [0.4, 0.5) is 5.95 Å². The van der Waals surface area contributed by atoms with Crippen molar-refractivity contribution >= 4 is 55.5 Å². The maximum absolute atomic E-state index is 9.30. The number of nitrogens with zero attached hydrogens (tertiary/aromatic N) is 3. The highest BCUT2D eigenvalue weighted by Gasteiger charge is 2.13. The molecule has 0 saturated carbocycles. The molecule has 0 saturated heterocycles. The largest absolute Gasteiger partial charge is 0.369 e. The molecule has 0 amide bonds. The Labute approximate surface area is 137 Å². The van der Waals surface area contributed by atoms with Crippen LogP contribution in [-0.2, 0) is 0 Å². The summed E-state index contributed by atoms with van der Waals surface area (Å²) in [4.78, 5) is 4.36. The molecule has 0 radical (unpaired) electrons. The van der Waals surface area contributed by atoms with Crippen molar-refractivity contribution in [2.45, 2.75) is 0 Å². The second-order valence-electron chi connectivity index (χ2n) is 4.21. The van der Waals surface area contributed by atoms with Gasteiger partial charge in [-0.25, -0.2) is 4.98 Å². The van der Waals surface area contributed by atoms with Gasteiger partial charge in [-0.1, -0.05) is 15.9 Å². The SMILES string of the molecule is N#Cc1cc(Br)ccc1-n1c(N)nc2cc(I)ccc21. The predicted molar refractivity (Wildman–Crippen MR) is 90.6 cm³/mol. The lowest BCUT2D eigenvalue weighted by molar-refractivity contribution is 1.10. The van der Waals surface area contributed by atoms with Crippen LogP contribution in [0.5, 0.6) is 0 Å². The van der Waals surface area contributed by atoms with Gasteiger partial charge < -0.3 is 5.73 Å². The molecule has 0 spiro atoms. The molecule has 1 heterocycles. The van der Waals surface area contributed by atoms with Crippen molar-refractivity contribution in [1.29, 1.82) is 5.26 Å². The van der Waals surface area contributed by atoms with Gasteiger partial charge in [-0.15, -0.1) is 0 Å². The van der Waals surface area contributed by atoms with Crippen molar-refractivity contribution < 1.29 is 0 Å². The third kappa shape index (κ3) is 2.17. The molecular weight excluding hydrogens is 431 g/mol. The fourth-order valence-corrected chi connectivity index (χ4v) is 2.95. The van der Waals surface area contributed by atoms with E-state index in [-0.39, 0.29) is 0 Å². The average molecular weight is 439 g/mol. The average Bonchev–Trinajstić information content (AvgIpc) is 2.73. The van der Waals surface area contributed by atoms with Crippen molar-refractivity contribution in [2.24, 2.45) is 0 Å². The summed E-state index contributed by atoms with van der Waals surface area (Å²) in [7, 11) is 0. The number of nitrogens with two attached hydrogens (primary N) is 1. The van der Waals surface area contributed by atoms with Gasteiger partial charge in [-0.2, -0.15) is 5.26 Å². The molecule has 3 aromatic rings. The molecule has 2 aromatic carbocycles. The van der Waals surface area contributed by atoms with E-state index in [0.717, 1.165) is 24.8 Å². The molecule has 0 atom stereocenters. The van der Waals surface area contributed by atoms with Gasteiger partial charge in [0.1, 0.15) is 6.07 Å². The maximum Gasteiger partial charge on any atom is 0.205 e. The van der Waals surface area contributed by atoms with Crippen molar-refractivity contribution in [3.63, 3.8) is 0 Å². The van der Waals surface area contributed by atoms with Crippen molar-refractivity contribution in [3.8, 4) is 11.8 Å². The number of halogens is 2. The van der Waals surface area contributed by atoms with Gasteiger partial charge in [0.05, 0.1) is 22.3 Å². The summed E-state index contributed by atoms with van der Waals surface area (Å²) in [6, 6.07) is 13.6. The number of anilines is 1. The standard InChI is InChI=1S/C14H8BrIN4/c15-9-1-3-12(8(5-9)7-17)20-13-4-2-10(16)6-11(13)19-14(20)18/h1-6H,(H2,18,19).